The maximum absolute atomic E-state index is 9.63. The lowest BCUT2D eigenvalue weighted by atomic mass is 10.2. The number of hydrogen-bond donors (Lipinski definition) is 0. The zero-order chi connectivity index (χ0) is 20.1. The Bertz CT molecular complexity index is 1180. The molecule has 0 aliphatic heterocycles. The Balaban J connectivity index is 1.54. The molecule has 142 valence electrons. The van der Waals surface area contributed by atoms with Crippen LogP contribution in [0.3, 0.4) is 0 Å². The average molecular weight is 435 g/mol. The zero-order valence-corrected chi connectivity index (χ0v) is 17.6. The molecule has 0 N–H and O–H groups in total. The number of thioether (sulfide) groups is 1. The van der Waals surface area contributed by atoms with Gasteiger partial charge in [0, 0.05) is 10.6 Å². The molecule has 0 unspecified atom stereocenters. The Labute approximate surface area is 182 Å². The van der Waals surface area contributed by atoms with Gasteiger partial charge in [-0.05, 0) is 53.7 Å². The Kier molecular flexibility index (Phi) is 6.16. The fourth-order valence-electron chi connectivity index (χ4n) is 2.69. The summed E-state index contributed by atoms with van der Waals surface area (Å²) in [6, 6.07) is 25.5. The molecule has 1 heterocycles. The molecule has 0 amide bonds. The van der Waals surface area contributed by atoms with Crippen LogP contribution in [0.5, 0.6) is 5.75 Å². The number of hydrogen-bond acceptors (Lipinski definition) is 5. The van der Waals surface area contributed by atoms with Crippen molar-refractivity contribution < 1.29 is 4.74 Å². The van der Waals surface area contributed by atoms with Crippen molar-refractivity contribution in [3.05, 3.63) is 93.9 Å². The summed E-state index contributed by atoms with van der Waals surface area (Å²) in [5.41, 5.74) is 2.83. The van der Waals surface area contributed by atoms with Crippen LogP contribution in [0.1, 0.15) is 11.1 Å². The summed E-state index contributed by atoms with van der Waals surface area (Å²) < 4.78 is 7.94. The highest BCUT2D eigenvalue weighted by molar-refractivity contribution is 8.05. The molecule has 29 heavy (non-hydrogen) atoms. The number of fused-ring (bicyclic) bond motifs is 1. The van der Waals surface area contributed by atoms with E-state index in [1.807, 2.05) is 78.9 Å². The maximum atomic E-state index is 9.63. The van der Waals surface area contributed by atoms with Gasteiger partial charge in [-0.1, -0.05) is 54.1 Å². The number of para-hydroxylation sites is 2. The maximum Gasteiger partial charge on any atom is 0.156 e. The predicted molar refractivity (Wildman–Crippen MR) is 121 cm³/mol. The van der Waals surface area contributed by atoms with Crippen molar-refractivity contribution in [2.75, 3.05) is 0 Å². The van der Waals surface area contributed by atoms with Crippen molar-refractivity contribution >= 4 is 51.0 Å². The van der Waals surface area contributed by atoms with Crippen LogP contribution in [0.15, 0.2) is 82.0 Å². The molecule has 4 rings (SSSR count). The second-order valence-corrected chi connectivity index (χ2v) is 8.88. The molecule has 3 aromatic carbocycles. The molecule has 0 saturated heterocycles. The lowest BCUT2D eigenvalue weighted by molar-refractivity contribution is 0.305. The first kappa shape index (κ1) is 19.5. The first-order valence-electron chi connectivity index (χ1n) is 8.83. The van der Waals surface area contributed by atoms with Crippen LogP contribution in [0, 0.1) is 11.3 Å². The van der Waals surface area contributed by atoms with Gasteiger partial charge >= 0.3 is 0 Å². The Morgan fingerprint density at radius 2 is 1.83 bits per heavy atom. The number of benzene rings is 3. The molecule has 0 saturated carbocycles. The van der Waals surface area contributed by atoms with E-state index < -0.39 is 0 Å². The van der Waals surface area contributed by atoms with Crippen LogP contribution in [0.2, 0.25) is 5.02 Å². The van der Waals surface area contributed by atoms with E-state index in [1.54, 1.807) is 11.3 Å². The van der Waals surface area contributed by atoms with Crippen LogP contribution in [-0.2, 0) is 6.61 Å². The summed E-state index contributed by atoms with van der Waals surface area (Å²) >= 11 is 8.89. The lowest BCUT2D eigenvalue weighted by Gasteiger charge is -2.09. The van der Waals surface area contributed by atoms with E-state index in [-0.39, 0.29) is 0 Å². The van der Waals surface area contributed by atoms with Crippen molar-refractivity contribution in [3.8, 4) is 11.8 Å². The van der Waals surface area contributed by atoms with E-state index in [1.165, 1.54) is 11.8 Å². The van der Waals surface area contributed by atoms with Crippen molar-refractivity contribution in [3.63, 3.8) is 0 Å². The summed E-state index contributed by atoms with van der Waals surface area (Å²) in [6.07, 6.45) is 1.84. The summed E-state index contributed by atoms with van der Waals surface area (Å²) in [5.74, 6) is 0.722. The number of aromatic nitrogens is 1. The average Bonchev–Trinajstić information content (AvgIpc) is 3.16. The second kappa shape index (κ2) is 9.15. The van der Waals surface area contributed by atoms with Crippen LogP contribution in [-0.4, -0.2) is 4.98 Å². The SMILES string of the molecule is N#C/C(=C/c1ccccc1OCc1ccc(Cl)cc1)Sc1nc2ccccc2s1. The Morgan fingerprint density at radius 1 is 1.07 bits per heavy atom. The van der Waals surface area contributed by atoms with Crippen LogP contribution in [0.4, 0.5) is 0 Å². The fraction of sp³-hybridized carbons (Fsp3) is 0.0435. The molecule has 0 aliphatic rings. The van der Waals surface area contributed by atoms with Gasteiger partial charge < -0.3 is 4.74 Å². The molecule has 0 radical (unpaired) electrons. The molecule has 0 bridgehead atoms. The van der Waals surface area contributed by atoms with Gasteiger partial charge in [-0.15, -0.1) is 11.3 Å². The van der Waals surface area contributed by atoms with Crippen molar-refractivity contribution in [2.45, 2.75) is 10.9 Å². The number of rotatable bonds is 6. The first-order chi connectivity index (χ1) is 14.2. The Morgan fingerprint density at radius 3 is 2.62 bits per heavy atom. The van der Waals surface area contributed by atoms with E-state index in [2.05, 4.69) is 11.1 Å². The molecule has 0 aliphatic carbocycles. The summed E-state index contributed by atoms with van der Waals surface area (Å²) in [6.45, 7) is 0.426. The van der Waals surface area contributed by atoms with E-state index in [0.29, 0.717) is 16.5 Å². The third kappa shape index (κ3) is 4.99. The third-order valence-electron chi connectivity index (χ3n) is 4.09. The highest BCUT2D eigenvalue weighted by Gasteiger charge is 2.09. The van der Waals surface area contributed by atoms with Gasteiger partial charge in [0.2, 0.25) is 0 Å². The monoisotopic (exact) mass is 434 g/mol. The van der Waals surface area contributed by atoms with Crippen molar-refractivity contribution in [1.29, 1.82) is 5.26 Å². The molecule has 4 aromatic rings. The van der Waals surface area contributed by atoms with Gasteiger partial charge in [0.25, 0.3) is 0 Å². The normalized spacial score (nSPS) is 11.4. The summed E-state index contributed by atoms with van der Waals surface area (Å²) in [7, 11) is 0. The van der Waals surface area contributed by atoms with Gasteiger partial charge in [0.15, 0.2) is 4.34 Å². The number of nitriles is 1. The number of thiazole rings is 1. The lowest BCUT2D eigenvalue weighted by Crippen LogP contribution is -1.96. The zero-order valence-electron chi connectivity index (χ0n) is 15.2. The minimum atomic E-state index is 0.426. The topological polar surface area (TPSA) is 45.9 Å². The van der Waals surface area contributed by atoms with E-state index in [0.717, 1.165) is 31.4 Å². The highest BCUT2D eigenvalue weighted by atomic mass is 35.5. The highest BCUT2D eigenvalue weighted by Crippen LogP contribution is 2.35. The first-order valence-corrected chi connectivity index (χ1v) is 10.8. The van der Waals surface area contributed by atoms with Crippen LogP contribution in [0.25, 0.3) is 16.3 Å². The molecule has 3 nitrogen and oxygen atoms in total. The quantitative estimate of drug-likeness (QED) is 0.238. The standard InChI is InChI=1S/C23H15ClN2OS2/c24-18-11-9-16(10-12-18)15-27-21-7-3-1-5-17(21)13-19(14-25)28-23-26-20-6-2-4-8-22(20)29-23/h1-13H,15H2/b19-13-. The second-order valence-electron chi connectivity index (χ2n) is 6.12. The minimum Gasteiger partial charge on any atom is -0.488 e. The number of allylic oxidation sites excluding steroid dienone is 1. The fourth-order valence-corrected chi connectivity index (χ4v) is 4.78. The predicted octanol–water partition coefficient (Wildman–Crippen LogP) is 7.19. The van der Waals surface area contributed by atoms with E-state index in [9.17, 15) is 5.26 Å². The van der Waals surface area contributed by atoms with Gasteiger partial charge in [-0.2, -0.15) is 5.26 Å². The Hall–Kier alpha value is -2.78. The number of ether oxygens (including phenoxy) is 1. The third-order valence-corrected chi connectivity index (χ3v) is 6.37. The largest absolute Gasteiger partial charge is 0.488 e. The van der Waals surface area contributed by atoms with Crippen molar-refractivity contribution in [2.24, 2.45) is 0 Å². The molecular weight excluding hydrogens is 420 g/mol. The van der Waals surface area contributed by atoms with Gasteiger partial charge in [0.05, 0.1) is 15.1 Å². The molecule has 1 aromatic heterocycles. The van der Waals surface area contributed by atoms with Gasteiger partial charge in [-0.25, -0.2) is 4.98 Å². The van der Waals surface area contributed by atoms with Crippen LogP contribution >= 0.6 is 34.7 Å². The van der Waals surface area contributed by atoms with Crippen molar-refractivity contribution in [1.82, 2.24) is 4.98 Å². The van der Waals surface area contributed by atoms with E-state index in [4.69, 9.17) is 16.3 Å². The smallest absolute Gasteiger partial charge is 0.156 e. The van der Waals surface area contributed by atoms with E-state index >= 15 is 0 Å². The van der Waals surface area contributed by atoms with Gasteiger partial charge in [-0.3, -0.25) is 0 Å². The molecule has 0 fully saturated rings. The summed E-state index contributed by atoms with van der Waals surface area (Å²) in [4.78, 5) is 5.16. The number of nitrogens with zero attached hydrogens (tertiary/aromatic N) is 2. The molecule has 0 atom stereocenters. The summed E-state index contributed by atoms with van der Waals surface area (Å²) in [5, 5.41) is 10.3. The van der Waals surface area contributed by atoms with Gasteiger partial charge in [0.1, 0.15) is 18.4 Å². The number of halogens is 1. The van der Waals surface area contributed by atoms with Crippen LogP contribution < -0.4 is 4.74 Å². The molecular formula is C23H15ClN2OS2. The molecule has 0 spiro atoms. The molecule has 6 heteroatoms. The minimum absolute atomic E-state index is 0.426.